The molecule has 1 heterocycles. The van der Waals surface area contributed by atoms with Gasteiger partial charge in [0.25, 0.3) is 5.91 Å². The summed E-state index contributed by atoms with van der Waals surface area (Å²) in [4.78, 5) is 12.9. The third-order valence-corrected chi connectivity index (χ3v) is 7.14. The average Bonchev–Trinajstić information content (AvgIpc) is 2.94. The number of carbonyl (C=O) groups is 1. The molecule has 5 rings (SSSR count). The number of hydrogen-bond donors (Lipinski definition) is 2. The summed E-state index contributed by atoms with van der Waals surface area (Å²) in [5, 5.41) is 8.66. The number of hydrogen-bond acceptors (Lipinski definition) is 3. The van der Waals surface area contributed by atoms with Crippen LogP contribution in [0.2, 0.25) is 0 Å². The van der Waals surface area contributed by atoms with Crippen LogP contribution < -0.4 is 15.4 Å². The minimum atomic E-state index is -4.46. The molecule has 38 heavy (non-hydrogen) atoms. The number of carbonyl (C=O) groups excluding carboxylic acids is 1. The highest BCUT2D eigenvalue weighted by atomic mass is 19.4. The first kappa shape index (κ1) is 25.8. The molecule has 4 aromatic rings. The van der Waals surface area contributed by atoms with Crippen LogP contribution in [0.4, 0.5) is 13.2 Å². The Morgan fingerprint density at radius 2 is 1.66 bits per heavy atom. The van der Waals surface area contributed by atoms with Gasteiger partial charge in [-0.05, 0) is 71.0 Å². The van der Waals surface area contributed by atoms with Crippen molar-refractivity contribution >= 4 is 16.7 Å². The van der Waals surface area contributed by atoms with Crippen molar-refractivity contribution < 1.29 is 22.7 Å². The van der Waals surface area contributed by atoms with Gasteiger partial charge in [0, 0.05) is 18.7 Å². The van der Waals surface area contributed by atoms with Gasteiger partial charge >= 0.3 is 6.18 Å². The van der Waals surface area contributed by atoms with Crippen molar-refractivity contribution in [3.8, 4) is 5.75 Å². The predicted octanol–water partition coefficient (Wildman–Crippen LogP) is 6.56. The molecule has 0 radical (unpaired) electrons. The number of rotatable bonds is 7. The van der Waals surface area contributed by atoms with Gasteiger partial charge in [0.2, 0.25) is 0 Å². The number of ether oxygens (including phenoxy) is 1. The smallest absolute Gasteiger partial charge is 0.419 e. The molecule has 2 N–H and O–H groups in total. The third-order valence-electron chi connectivity index (χ3n) is 7.14. The Hall–Kier alpha value is -3.84. The van der Waals surface area contributed by atoms with Gasteiger partial charge in [-0.2, -0.15) is 13.2 Å². The van der Waals surface area contributed by atoms with Crippen LogP contribution in [0.3, 0.4) is 0 Å². The summed E-state index contributed by atoms with van der Waals surface area (Å²) in [5.41, 5.74) is 1.80. The summed E-state index contributed by atoms with van der Waals surface area (Å²) < 4.78 is 45.2. The Labute approximate surface area is 219 Å². The van der Waals surface area contributed by atoms with Crippen molar-refractivity contribution in [2.24, 2.45) is 5.92 Å². The molecule has 196 valence electrons. The molecule has 4 nitrogen and oxygen atoms in total. The van der Waals surface area contributed by atoms with Gasteiger partial charge < -0.3 is 15.4 Å². The summed E-state index contributed by atoms with van der Waals surface area (Å²) >= 11 is 0. The van der Waals surface area contributed by atoms with Crippen molar-refractivity contribution in [2.75, 3.05) is 19.6 Å². The van der Waals surface area contributed by atoms with Crippen LogP contribution in [0.15, 0.2) is 91.0 Å². The Morgan fingerprint density at radius 1 is 0.921 bits per heavy atom. The molecule has 0 aromatic heterocycles. The van der Waals surface area contributed by atoms with Gasteiger partial charge in [-0.25, -0.2) is 0 Å². The fraction of sp³-hybridized carbons (Fsp3) is 0.258. The molecule has 4 aromatic carbocycles. The molecule has 1 fully saturated rings. The molecule has 1 aliphatic heterocycles. The molecule has 0 spiro atoms. The maximum absolute atomic E-state index is 13.2. The van der Waals surface area contributed by atoms with Crippen LogP contribution >= 0.6 is 0 Å². The molecule has 7 heteroatoms. The molecule has 2 unspecified atom stereocenters. The maximum atomic E-state index is 13.2. The second-order valence-electron chi connectivity index (χ2n) is 9.66. The summed E-state index contributed by atoms with van der Waals surface area (Å²) in [6, 6.07) is 26.8. The molecule has 2 atom stereocenters. The Kier molecular flexibility index (Phi) is 7.65. The second kappa shape index (κ2) is 11.3. The topological polar surface area (TPSA) is 50.4 Å². The normalized spacial score (nSPS) is 17.8. The molecular weight excluding hydrogens is 489 g/mol. The highest BCUT2D eigenvalue weighted by molar-refractivity contribution is 5.98. The van der Waals surface area contributed by atoms with Crippen molar-refractivity contribution in [3.63, 3.8) is 0 Å². The van der Waals surface area contributed by atoms with Crippen molar-refractivity contribution in [1.29, 1.82) is 0 Å². The zero-order valence-corrected chi connectivity index (χ0v) is 20.8. The van der Waals surface area contributed by atoms with Gasteiger partial charge in [0.15, 0.2) is 0 Å². The molecule has 1 amide bonds. The largest absolute Gasteiger partial charge is 0.488 e. The summed E-state index contributed by atoms with van der Waals surface area (Å²) in [5.74, 6) is 0.208. The minimum absolute atomic E-state index is 0.0465. The SMILES string of the molecule is O=C(NCC1CNCCC1c1ccc(COc2ccccc2C(F)(F)F)cc1)c1ccc2ccccc2c1. The van der Waals surface area contributed by atoms with E-state index in [9.17, 15) is 18.0 Å². The number of fused-ring (bicyclic) bond motifs is 1. The molecule has 1 saturated heterocycles. The first-order valence-electron chi connectivity index (χ1n) is 12.7. The van der Waals surface area contributed by atoms with Gasteiger partial charge in [-0.3, -0.25) is 4.79 Å². The zero-order chi connectivity index (χ0) is 26.5. The Balaban J connectivity index is 1.21. The van der Waals surface area contributed by atoms with Gasteiger partial charge in [0.05, 0.1) is 5.56 Å². The van der Waals surface area contributed by atoms with E-state index in [1.165, 1.54) is 18.2 Å². The first-order chi connectivity index (χ1) is 18.4. The van der Waals surface area contributed by atoms with Crippen LogP contribution in [0.1, 0.15) is 39.4 Å². The second-order valence-corrected chi connectivity index (χ2v) is 9.66. The van der Waals surface area contributed by atoms with Gasteiger partial charge in [-0.15, -0.1) is 0 Å². The van der Waals surface area contributed by atoms with Crippen LogP contribution in [-0.2, 0) is 12.8 Å². The summed E-state index contributed by atoms with van der Waals surface area (Å²) in [6.07, 6.45) is -3.53. The molecule has 0 bridgehead atoms. The number of benzene rings is 4. The van der Waals surface area contributed by atoms with Crippen LogP contribution in [0.5, 0.6) is 5.75 Å². The quantitative estimate of drug-likeness (QED) is 0.291. The number of halogens is 3. The number of para-hydroxylation sites is 1. The van der Waals surface area contributed by atoms with Crippen LogP contribution in [-0.4, -0.2) is 25.5 Å². The summed E-state index contributed by atoms with van der Waals surface area (Å²) in [6.45, 7) is 2.27. The average molecular weight is 519 g/mol. The van der Waals surface area contributed by atoms with Crippen LogP contribution in [0.25, 0.3) is 10.8 Å². The van der Waals surface area contributed by atoms with E-state index in [-0.39, 0.29) is 30.1 Å². The lowest BCUT2D eigenvalue weighted by Gasteiger charge is -2.33. The molecule has 1 aliphatic rings. The molecule has 0 aliphatic carbocycles. The fourth-order valence-corrected chi connectivity index (χ4v) is 5.08. The van der Waals surface area contributed by atoms with Gasteiger partial charge in [0.1, 0.15) is 12.4 Å². The Bertz CT molecular complexity index is 1400. The fourth-order valence-electron chi connectivity index (χ4n) is 5.08. The van der Waals surface area contributed by atoms with E-state index in [2.05, 4.69) is 10.6 Å². The van der Waals surface area contributed by atoms with Crippen LogP contribution in [0, 0.1) is 5.92 Å². The lowest BCUT2D eigenvalue weighted by atomic mass is 9.81. The Morgan fingerprint density at radius 3 is 2.45 bits per heavy atom. The predicted molar refractivity (Wildman–Crippen MR) is 142 cm³/mol. The van der Waals surface area contributed by atoms with E-state index in [1.807, 2.05) is 66.7 Å². The third kappa shape index (κ3) is 6.00. The minimum Gasteiger partial charge on any atom is -0.488 e. The molecule has 0 saturated carbocycles. The summed E-state index contributed by atoms with van der Waals surface area (Å²) in [7, 11) is 0. The number of nitrogens with one attached hydrogen (secondary N) is 2. The number of piperidine rings is 1. The van der Waals surface area contributed by atoms with Crippen molar-refractivity contribution in [1.82, 2.24) is 10.6 Å². The zero-order valence-electron chi connectivity index (χ0n) is 20.8. The standard InChI is InChI=1S/C31H29F3N2O2/c32-31(33,34)28-7-3-4-8-29(28)38-20-21-9-11-23(12-10-21)27-15-16-35-18-26(27)19-36-30(37)25-14-13-22-5-1-2-6-24(22)17-25/h1-14,17,26-27,35H,15-16,18-20H2,(H,36,37). The maximum Gasteiger partial charge on any atom is 0.419 e. The van der Waals surface area contributed by atoms with E-state index >= 15 is 0 Å². The van der Waals surface area contributed by atoms with E-state index in [0.717, 1.165) is 47.5 Å². The lowest BCUT2D eigenvalue weighted by Crippen LogP contribution is -2.42. The van der Waals surface area contributed by atoms with E-state index < -0.39 is 11.7 Å². The first-order valence-corrected chi connectivity index (χ1v) is 12.7. The molecular formula is C31H29F3N2O2. The number of alkyl halides is 3. The van der Waals surface area contributed by atoms with Gasteiger partial charge in [-0.1, -0.05) is 66.7 Å². The monoisotopic (exact) mass is 518 g/mol. The van der Waals surface area contributed by atoms with E-state index in [4.69, 9.17) is 4.74 Å². The number of amides is 1. The van der Waals surface area contributed by atoms with E-state index in [1.54, 1.807) is 0 Å². The van der Waals surface area contributed by atoms with Crippen molar-refractivity contribution in [3.05, 3.63) is 113 Å². The highest BCUT2D eigenvalue weighted by Crippen LogP contribution is 2.36. The van der Waals surface area contributed by atoms with Crippen molar-refractivity contribution in [2.45, 2.75) is 25.1 Å². The van der Waals surface area contributed by atoms with E-state index in [0.29, 0.717) is 12.1 Å². The lowest BCUT2D eigenvalue weighted by molar-refractivity contribution is -0.139. The highest BCUT2D eigenvalue weighted by Gasteiger charge is 2.34.